The molecule has 104 valence electrons. The summed E-state index contributed by atoms with van der Waals surface area (Å²) in [6, 6.07) is 19.0. The van der Waals surface area contributed by atoms with Gasteiger partial charge in [0.25, 0.3) is 0 Å². The van der Waals surface area contributed by atoms with E-state index in [1.807, 2.05) is 60.7 Å². The predicted octanol–water partition coefficient (Wildman–Crippen LogP) is 3.79. The zero-order chi connectivity index (χ0) is 13.6. The standard InChI is InChI=1S/C15H15O4P/c1-3-7-13(8-4-1)18-20(17-12-15-11-16-15)19-14-9-5-2-6-10-14/h1-10,15H,11-12H2. The van der Waals surface area contributed by atoms with Crippen molar-refractivity contribution < 1.29 is 18.3 Å². The Bertz CT molecular complexity index is 474. The van der Waals surface area contributed by atoms with Crippen LogP contribution in [0.5, 0.6) is 11.5 Å². The fourth-order valence-corrected chi connectivity index (χ4v) is 2.53. The van der Waals surface area contributed by atoms with Crippen LogP contribution in [0.1, 0.15) is 0 Å². The average Bonchev–Trinajstić information content (AvgIpc) is 3.31. The number of hydrogen-bond acceptors (Lipinski definition) is 4. The molecule has 1 saturated heterocycles. The molecule has 0 spiro atoms. The molecule has 2 aromatic carbocycles. The summed E-state index contributed by atoms with van der Waals surface area (Å²) in [4.78, 5) is 0. The van der Waals surface area contributed by atoms with Gasteiger partial charge in [-0.25, -0.2) is 0 Å². The fraction of sp³-hybridized carbons (Fsp3) is 0.200. The van der Waals surface area contributed by atoms with Gasteiger partial charge in [0.15, 0.2) is 0 Å². The van der Waals surface area contributed by atoms with Gasteiger partial charge in [-0.3, -0.25) is 4.52 Å². The van der Waals surface area contributed by atoms with Crippen LogP contribution in [-0.2, 0) is 9.26 Å². The summed E-state index contributed by atoms with van der Waals surface area (Å²) in [6.07, 6.45) is 0.179. The molecule has 0 aromatic heterocycles. The molecule has 0 amide bonds. The Morgan fingerprint density at radius 2 is 1.40 bits per heavy atom. The minimum Gasteiger partial charge on any atom is -0.418 e. The van der Waals surface area contributed by atoms with Crippen molar-refractivity contribution in [2.24, 2.45) is 0 Å². The second-order valence-corrected chi connectivity index (χ2v) is 5.35. The van der Waals surface area contributed by atoms with Crippen LogP contribution < -0.4 is 9.05 Å². The zero-order valence-corrected chi connectivity index (χ0v) is 11.7. The van der Waals surface area contributed by atoms with Crippen LogP contribution in [0.25, 0.3) is 0 Å². The summed E-state index contributed by atoms with van der Waals surface area (Å²) in [5.74, 6) is 1.46. The number of para-hydroxylation sites is 2. The number of ether oxygens (including phenoxy) is 1. The van der Waals surface area contributed by atoms with Crippen molar-refractivity contribution in [2.75, 3.05) is 13.2 Å². The van der Waals surface area contributed by atoms with Crippen molar-refractivity contribution in [3.05, 3.63) is 60.7 Å². The van der Waals surface area contributed by atoms with Crippen LogP contribution in [0.2, 0.25) is 0 Å². The average molecular weight is 290 g/mol. The van der Waals surface area contributed by atoms with E-state index in [-0.39, 0.29) is 6.10 Å². The Morgan fingerprint density at radius 1 is 0.900 bits per heavy atom. The van der Waals surface area contributed by atoms with Crippen molar-refractivity contribution >= 4 is 8.60 Å². The molecular formula is C15H15O4P. The lowest BCUT2D eigenvalue weighted by molar-refractivity contribution is 0.233. The topological polar surface area (TPSA) is 40.2 Å². The number of benzene rings is 2. The maximum atomic E-state index is 5.76. The zero-order valence-electron chi connectivity index (χ0n) is 10.8. The lowest BCUT2D eigenvalue weighted by Gasteiger charge is -2.17. The SMILES string of the molecule is c1ccc(OP(OCC2CO2)Oc2ccccc2)cc1. The highest BCUT2D eigenvalue weighted by atomic mass is 31.2. The lowest BCUT2D eigenvalue weighted by Crippen LogP contribution is -2.04. The molecule has 0 radical (unpaired) electrons. The third kappa shape index (κ3) is 4.20. The van der Waals surface area contributed by atoms with Crippen molar-refractivity contribution in [1.29, 1.82) is 0 Å². The van der Waals surface area contributed by atoms with Gasteiger partial charge in [0.2, 0.25) is 0 Å². The molecule has 5 heteroatoms. The van der Waals surface area contributed by atoms with E-state index in [4.69, 9.17) is 18.3 Å². The molecule has 1 heterocycles. The quantitative estimate of drug-likeness (QED) is 0.574. The minimum absolute atomic E-state index is 0.179. The third-order valence-corrected chi connectivity index (χ3v) is 3.69. The number of epoxide rings is 1. The van der Waals surface area contributed by atoms with E-state index in [1.165, 1.54) is 0 Å². The van der Waals surface area contributed by atoms with Crippen molar-refractivity contribution in [1.82, 2.24) is 0 Å². The van der Waals surface area contributed by atoms with Crippen LogP contribution >= 0.6 is 8.60 Å². The van der Waals surface area contributed by atoms with Gasteiger partial charge in [-0.05, 0) is 24.3 Å². The number of rotatable bonds is 7. The van der Waals surface area contributed by atoms with E-state index in [0.717, 1.165) is 18.1 Å². The molecule has 1 aliphatic heterocycles. The number of hydrogen-bond donors (Lipinski definition) is 0. The monoisotopic (exact) mass is 290 g/mol. The van der Waals surface area contributed by atoms with Crippen LogP contribution in [0.15, 0.2) is 60.7 Å². The Labute approximate surface area is 119 Å². The van der Waals surface area contributed by atoms with E-state index in [1.54, 1.807) is 0 Å². The van der Waals surface area contributed by atoms with Crippen LogP contribution in [0.3, 0.4) is 0 Å². The van der Waals surface area contributed by atoms with Crippen molar-refractivity contribution in [3.63, 3.8) is 0 Å². The Kier molecular flexibility index (Phi) is 4.49. The summed E-state index contributed by atoms with van der Waals surface area (Å²) < 4.78 is 22.3. The molecule has 0 saturated carbocycles. The van der Waals surface area contributed by atoms with E-state index < -0.39 is 8.60 Å². The van der Waals surface area contributed by atoms with E-state index in [2.05, 4.69) is 0 Å². The first-order valence-electron chi connectivity index (χ1n) is 6.41. The first-order chi connectivity index (χ1) is 9.90. The van der Waals surface area contributed by atoms with Gasteiger partial charge in [-0.2, -0.15) is 0 Å². The highest BCUT2D eigenvalue weighted by molar-refractivity contribution is 7.42. The van der Waals surface area contributed by atoms with Gasteiger partial charge in [0, 0.05) is 0 Å². The van der Waals surface area contributed by atoms with Gasteiger partial charge in [-0.15, -0.1) is 0 Å². The largest absolute Gasteiger partial charge is 0.463 e. The van der Waals surface area contributed by atoms with Crippen molar-refractivity contribution in [2.45, 2.75) is 6.10 Å². The van der Waals surface area contributed by atoms with E-state index in [0.29, 0.717) is 6.61 Å². The van der Waals surface area contributed by atoms with Crippen LogP contribution in [0, 0.1) is 0 Å². The Balaban J connectivity index is 1.63. The molecule has 0 bridgehead atoms. The first-order valence-corrected chi connectivity index (χ1v) is 7.50. The molecule has 1 atom stereocenters. The van der Waals surface area contributed by atoms with E-state index in [9.17, 15) is 0 Å². The predicted molar refractivity (Wildman–Crippen MR) is 76.8 cm³/mol. The lowest BCUT2D eigenvalue weighted by atomic mass is 10.3. The summed E-state index contributed by atoms with van der Waals surface area (Å²) in [6.45, 7) is 1.24. The second-order valence-electron chi connectivity index (χ2n) is 4.28. The second kappa shape index (κ2) is 6.71. The third-order valence-electron chi connectivity index (χ3n) is 2.61. The molecule has 20 heavy (non-hydrogen) atoms. The van der Waals surface area contributed by atoms with E-state index >= 15 is 0 Å². The summed E-state index contributed by atoms with van der Waals surface area (Å²) >= 11 is 0. The summed E-state index contributed by atoms with van der Waals surface area (Å²) in [7, 11) is -1.49. The molecule has 2 aromatic rings. The molecule has 1 aliphatic rings. The van der Waals surface area contributed by atoms with Gasteiger partial charge in [-0.1, -0.05) is 36.4 Å². The summed E-state index contributed by atoms with van der Waals surface area (Å²) in [5, 5.41) is 0. The minimum atomic E-state index is -1.49. The fourth-order valence-electron chi connectivity index (χ4n) is 1.51. The maximum Gasteiger partial charge on any atom is 0.463 e. The van der Waals surface area contributed by atoms with Gasteiger partial charge in [0.1, 0.15) is 17.6 Å². The Morgan fingerprint density at radius 3 is 1.85 bits per heavy atom. The Hall–Kier alpha value is -1.61. The van der Waals surface area contributed by atoms with Crippen LogP contribution in [-0.4, -0.2) is 19.3 Å². The van der Waals surface area contributed by atoms with Crippen molar-refractivity contribution in [3.8, 4) is 11.5 Å². The molecule has 1 unspecified atom stereocenters. The molecule has 0 N–H and O–H groups in total. The molecule has 0 aliphatic carbocycles. The maximum absolute atomic E-state index is 5.76. The molecule has 3 rings (SSSR count). The first kappa shape index (κ1) is 13.4. The van der Waals surface area contributed by atoms with Gasteiger partial charge in [0.05, 0.1) is 13.2 Å². The molecular weight excluding hydrogens is 275 g/mol. The highest BCUT2D eigenvalue weighted by Crippen LogP contribution is 2.41. The summed E-state index contributed by atoms with van der Waals surface area (Å²) in [5.41, 5.74) is 0. The smallest absolute Gasteiger partial charge is 0.418 e. The molecule has 1 fully saturated rings. The van der Waals surface area contributed by atoms with Crippen LogP contribution in [0.4, 0.5) is 0 Å². The highest BCUT2D eigenvalue weighted by Gasteiger charge is 2.27. The normalized spacial score (nSPS) is 16.9. The van der Waals surface area contributed by atoms with Gasteiger partial charge < -0.3 is 13.8 Å². The molecule has 4 nitrogen and oxygen atoms in total. The van der Waals surface area contributed by atoms with Gasteiger partial charge >= 0.3 is 8.60 Å².